The Bertz CT molecular complexity index is 1300. The van der Waals surface area contributed by atoms with E-state index in [4.69, 9.17) is 16.3 Å². The van der Waals surface area contributed by atoms with Gasteiger partial charge in [-0.25, -0.2) is 4.39 Å². The number of ether oxygens (including phenoxy) is 1. The number of aromatic nitrogens is 2. The zero-order chi connectivity index (χ0) is 22.9. The highest BCUT2D eigenvalue weighted by Crippen LogP contribution is 2.44. The first-order chi connectivity index (χ1) is 16.0. The minimum Gasteiger partial charge on any atom is -0.494 e. The highest BCUT2D eigenvalue weighted by Gasteiger charge is 2.42. The van der Waals surface area contributed by atoms with Crippen LogP contribution >= 0.6 is 11.6 Å². The van der Waals surface area contributed by atoms with Gasteiger partial charge in [0.05, 0.1) is 18.3 Å². The van der Waals surface area contributed by atoms with Crippen molar-refractivity contribution >= 4 is 17.5 Å². The first-order valence-electron chi connectivity index (χ1n) is 10.7. The Morgan fingerprint density at radius 3 is 2.58 bits per heavy atom. The summed E-state index contributed by atoms with van der Waals surface area (Å²) < 4.78 is 19.2. The Kier molecular flexibility index (Phi) is 5.60. The predicted octanol–water partition coefficient (Wildman–Crippen LogP) is 6.01. The van der Waals surface area contributed by atoms with E-state index in [0.29, 0.717) is 29.6 Å². The quantitative estimate of drug-likeness (QED) is 0.382. The molecule has 0 bridgehead atoms. The zero-order valence-corrected chi connectivity index (χ0v) is 18.6. The molecule has 0 aliphatic carbocycles. The lowest BCUT2D eigenvalue weighted by molar-refractivity contribution is 0.0730. The lowest BCUT2D eigenvalue weighted by atomic mass is 9.95. The number of hydrogen-bond donors (Lipinski definition) is 1. The van der Waals surface area contributed by atoms with Gasteiger partial charge in [-0.3, -0.25) is 9.89 Å². The largest absolute Gasteiger partial charge is 0.494 e. The molecule has 0 saturated heterocycles. The van der Waals surface area contributed by atoms with E-state index in [1.807, 2.05) is 43.3 Å². The van der Waals surface area contributed by atoms with Crippen LogP contribution in [0.1, 0.15) is 40.1 Å². The summed E-state index contributed by atoms with van der Waals surface area (Å²) in [6.45, 7) is 2.80. The summed E-state index contributed by atoms with van der Waals surface area (Å²) in [7, 11) is 0. The van der Waals surface area contributed by atoms with E-state index in [9.17, 15) is 9.18 Å². The Balaban J connectivity index is 1.63. The van der Waals surface area contributed by atoms with Crippen LogP contribution in [-0.4, -0.2) is 27.6 Å². The number of H-pyrrole nitrogens is 1. The second-order valence-corrected chi connectivity index (χ2v) is 8.27. The number of carbonyl (C=O) groups is 1. The Morgan fingerprint density at radius 2 is 1.85 bits per heavy atom. The molecule has 1 unspecified atom stereocenters. The van der Waals surface area contributed by atoms with E-state index in [-0.39, 0.29) is 17.8 Å². The number of benzene rings is 3. The van der Waals surface area contributed by atoms with Crippen LogP contribution < -0.4 is 4.74 Å². The Labute approximate surface area is 195 Å². The second kappa shape index (κ2) is 8.71. The second-order valence-electron chi connectivity index (χ2n) is 7.84. The maximum absolute atomic E-state index is 13.5. The molecule has 33 heavy (non-hydrogen) atoms. The van der Waals surface area contributed by atoms with Gasteiger partial charge in [0.2, 0.25) is 0 Å². The number of rotatable bonds is 6. The fourth-order valence-corrected chi connectivity index (χ4v) is 4.39. The molecule has 7 heteroatoms. The van der Waals surface area contributed by atoms with Gasteiger partial charge in [0, 0.05) is 22.7 Å². The smallest absolute Gasteiger partial charge is 0.273 e. The first kappa shape index (κ1) is 21.2. The molecule has 1 N–H and O–H groups in total. The summed E-state index contributed by atoms with van der Waals surface area (Å²) in [6, 6.07) is 20.9. The number of hydrogen-bond acceptors (Lipinski definition) is 3. The van der Waals surface area contributed by atoms with Gasteiger partial charge in [-0.05, 0) is 54.4 Å². The summed E-state index contributed by atoms with van der Waals surface area (Å²) in [6.07, 6.45) is 0. The molecule has 1 atom stereocenters. The number of nitrogens with zero attached hydrogens (tertiary/aromatic N) is 2. The minimum atomic E-state index is -0.387. The molecular weight excluding hydrogens is 441 g/mol. The van der Waals surface area contributed by atoms with E-state index < -0.39 is 0 Å². The molecule has 3 aromatic carbocycles. The van der Waals surface area contributed by atoms with E-state index in [1.54, 1.807) is 29.2 Å². The number of fused-ring (bicyclic) bond motifs is 1. The average Bonchev–Trinajstić information content (AvgIpc) is 3.36. The number of aromatic amines is 1. The monoisotopic (exact) mass is 461 g/mol. The molecule has 1 aliphatic rings. The van der Waals surface area contributed by atoms with Crippen molar-refractivity contribution in [2.75, 3.05) is 6.61 Å². The fourth-order valence-electron chi connectivity index (χ4n) is 4.26. The Morgan fingerprint density at radius 1 is 1.09 bits per heavy atom. The van der Waals surface area contributed by atoms with Gasteiger partial charge < -0.3 is 9.64 Å². The molecular formula is C26H21ClFN3O2. The van der Waals surface area contributed by atoms with Gasteiger partial charge in [0.1, 0.15) is 17.3 Å². The lowest BCUT2D eigenvalue weighted by Gasteiger charge is -2.27. The standard InChI is InChI=1S/C26H21ClFN3O2/c1-2-33-21-5-3-4-18(14-21)25-22-23(17-8-10-19(27)11-9-17)29-30-24(22)26(32)31(25)15-16-6-12-20(28)13-7-16/h3-14,25H,2,15H2,1H3,(H,29,30). The lowest BCUT2D eigenvalue weighted by Crippen LogP contribution is -2.29. The predicted molar refractivity (Wildman–Crippen MR) is 125 cm³/mol. The van der Waals surface area contributed by atoms with Crippen LogP contribution in [0.2, 0.25) is 5.02 Å². The summed E-state index contributed by atoms with van der Waals surface area (Å²) in [5.74, 6) is 0.259. The van der Waals surface area contributed by atoms with Crippen molar-refractivity contribution in [2.45, 2.75) is 19.5 Å². The molecule has 2 heterocycles. The van der Waals surface area contributed by atoms with Gasteiger partial charge in [0.15, 0.2) is 0 Å². The van der Waals surface area contributed by atoms with Crippen molar-refractivity contribution in [2.24, 2.45) is 0 Å². The zero-order valence-electron chi connectivity index (χ0n) is 17.9. The van der Waals surface area contributed by atoms with Gasteiger partial charge in [-0.1, -0.05) is 48.0 Å². The summed E-state index contributed by atoms with van der Waals surface area (Å²) >= 11 is 6.08. The molecule has 0 fully saturated rings. The van der Waals surface area contributed by atoms with Crippen molar-refractivity contribution in [3.8, 4) is 17.0 Å². The van der Waals surface area contributed by atoms with Crippen LogP contribution in [0, 0.1) is 5.82 Å². The number of nitrogens with one attached hydrogen (secondary N) is 1. The molecule has 0 radical (unpaired) electrons. The summed E-state index contributed by atoms with van der Waals surface area (Å²) in [5, 5.41) is 8.05. The molecule has 5 rings (SSSR count). The summed E-state index contributed by atoms with van der Waals surface area (Å²) in [4.78, 5) is 15.3. The SMILES string of the molecule is CCOc1cccc(C2c3c(-c4ccc(Cl)cc4)n[nH]c3C(=O)N2Cc2ccc(F)cc2)c1. The topological polar surface area (TPSA) is 58.2 Å². The first-order valence-corrected chi connectivity index (χ1v) is 11.1. The minimum absolute atomic E-state index is 0.158. The third kappa shape index (κ3) is 3.98. The van der Waals surface area contributed by atoms with Crippen LogP contribution in [-0.2, 0) is 6.54 Å². The van der Waals surface area contributed by atoms with Crippen LogP contribution in [0.15, 0.2) is 72.8 Å². The number of carbonyl (C=O) groups excluding carboxylic acids is 1. The normalized spacial score (nSPS) is 15.1. The molecule has 5 nitrogen and oxygen atoms in total. The van der Waals surface area contributed by atoms with Crippen LogP contribution in [0.25, 0.3) is 11.3 Å². The van der Waals surface area contributed by atoms with E-state index in [0.717, 1.165) is 28.0 Å². The van der Waals surface area contributed by atoms with Gasteiger partial charge in [-0.15, -0.1) is 0 Å². The molecule has 1 amide bonds. The highest BCUT2D eigenvalue weighted by molar-refractivity contribution is 6.30. The van der Waals surface area contributed by atoms with Crippen LogP contribution in [0.3, 0.4) is 0 Å². The van der Waals surface area contributed by atoms with Crippen molar-refractivity contribution < 1.29 is 13.9 Å². The van der Waals surface area contributed by atoms with Crippen molar-refractivity contribution in [1.29, 1.82) is 0 Å². The molecule has 1 aromatic heterocycles. The Hall–Kier alpha value is -3.64. The molecule has 166 valence electrons. The van der Waals surface area contributed by atoms with Crippen molar-refractivity contribution in [3.05, 3.63) is 106 Å². The van der Waals surface area contributed by atoms with E-state index >= 15 is 0 Å². The maximum atomic E-state index is 13.5. The van der Waals surface area contributed by atoms with Gasteiger partial charge in [-0.2, -0.15) is 5.10 Å². The third-order valence-corrected chi connectivity index (χ3v) is 5.98. The molecule has 4 aromatic rings. The van der Waals surface area contributed by atoms with Gasteiger partial charge in [0.25, 0.3) is 5.91 Å². The maximum Gasteiger partial charge on any atom is 0.273 e. The van der Waals surface area contributed by atoms with Crippen molar-refractivity contribution in [3.63, 3.8) is 0 Å². The molecule has 0 spiro atoms. The average molecular weight is 462 g/mol. The van der Waals surface area contributed by atoms with Crippen LogP contribution in [0.4, 0.5) is 4.39 Å². The van der Waals surface area contributed by atoms with Crippen molar-refractivity contribution in [1.82, 2.24) is 15.1 Å². The van der Waals surface area contributed by atoms with Crippen LogP contribution in [0.5, 0.6) is 5.75 Å². The highest BCUT2D eigenvalue weighted by atomic mass is 35.5. The molecule has 0 saturated carbocycles. The summed E-state index contributed by atoms with van der Waals surface area (Å²) in [5.41, 5.74) is 4.56. The third-order valence-electron chi connectivity index (χ3n) is 5.73. The molecule has 1 aliphatic heterocycles. The van der Waals surface area contributed by atoms with E-state index in [2.05, 4.69) is 10.2 Å². The van der Waals surface area contributed by atoms with E-state index in [1.165, 1.54) is 12.1 Å². The number of halogens is 2. The van der Waals surface area contributed by atoms with Gasteiger partial charge >= 0.3 is 0 Å². The number of amides is 1. The fraction of sp³-hybridized carbons (Fsp3) is 0.154.